The molecule has 0 spiro atoms. The molecule has 0 atom stereocenters. The predicted octanol–water partition coefficient (Wildman–Crippen LogP) is 3.73. The standard InChI is InChI=1S/C16H12ClN3O/c17-16-6-3-14(9-13(16)10-19)20-11-12-1-4-15(5-2-12)21-8-7-18/h1-6,9,20H,8,11H2. The second-order valence-corrected chi connectivity index (χ2v) is 4.66. The second kappa shape index (κ2) is 7.19. The molecule has 0 saturated carbocycles. The fourth-order valence-corrected chi connectivity index (χ4v) is 1.90. The molecule has 2 aromatic carbocycles. The van der Waals surface area contributed by atoms with Gasteiger partial charge in [-0.2, -0.15) is 10.5 Å². The molecule has 0 radical (unpaired) electrons. The van der Waals surface area contributed by atoms with Gasteiger partial charge in [0.15, 0.2) is 6.61 Å². The third-order valence-corrected chi connectivity index (χ3v) is 3.14. The van der Waals surface area contributed by atoms with Crippen LogP contribution in [0.25, 0.3) is 0 Å². The Labute approximate surface area is 128 Å². The number of anilines is 1. The molecule has 5 heteroatoms. The first-order chi connectivity index (χ1) is 10.2. The van der Waals surface area contributed by atoms with Gasteiger partial charge in [0.05, 0.1) is 10.6 Å². The van der Waals surface area contributed by atoms with Gasteiger partial charge < -0.3 is 10.1 Å². The van der Waals surface area contributed by atoms with Crippen LogP contribution in [-0.2, 0) is 6.54 Å². The minimum atomic E-state index is 0.0410. The van der Waals surface area contributed by atoms with Crippen LogP contribution >= 0.6 is 11.6 Å². The van der Waals surface area contributed by atoms with Crippen molar-refractivity contribution >= 4 is 17.3 Å². The zero-order chi connectivity index (χ0) is 15.1. The monoisotopic (exact) mass is 297 g/mol. The Hall–Kier alpha value is -2.69. The van der Waals surface area contributed by atoms with Crippen LogP contribution in [0.2, 0.25) is 5.02 Å². The zero-order valence-corrected chi connectivity index (χ0v) is 11.9. The van der Waals surface area contributed by atoms with Gasteiger partial charge in [0, 0.05) is 12.2 Å². The Morgan fingerprint density at radius 2 is 1.86 bits per heavy atom. The molecule has 2 rings (SSSR count). The molecule has 104 valence electrons. The molecule has 2 aromatic rings. The summed E-state index contributed by atoms with van der Waals surface area (Å²) in [4.78, 5) is 0. The topological polar surface area (TPSA) is 68.8 Å². The summed E-state index contributed by atoms with van der Waals surface area (Å²) in [7, 11) is 0. The van der Waals surface area contributed by atoms with E-state index in [1.54, 1.807) is 12.1 Å². The van der Waals surface area contributed by atoms with Crippen LogP contribution in [0.1, 0.15) is 11.1 Å². The molecule has 21 heavy (non-hydrogen) atoms. The number of rotatable bonds is 5. The summed E-state index contributed by atoms with van der Waals surface area (Å²) in [5, 5.41) is 21.0. The summed E-state index contributed by atoms with van der Waals surface area (Å²) in [5.41, 5.74) is 2.34. The lowest BCUT2D eigenvalue weighted by Crippen LogP contribution is -2.00. The molecule has 0 heterocycles. The fraction of sp³-hybridized carbons (Fsp3) is 0.125. The number of nitriles is 2. The van der Waals surface area contributed by atoms with Crippen LogP contribution in [0, 0.1) is 22.7 Å². The average molecular weight is 298 g/mol. The van der Waals surface area contributed by atoms with Crippen molar-refractivity contribution in [3.8, 4) is 17.9 Å². The van der Waals surface area contributed by atoms with Crippen LogP contribution in [0.4, 0.5) is 5.69 Å². The van der Waals surface area contributed by atoms with Gasteiger partial charge in [-0.3, -0.25) is 0 Å². The van der Waals surface area contributed by atoms with Crippen molar-refractivity contribution in [3.05, 3.63) is 58.6 Å². The Balaban J connectivity index is 1.97. The van der Waals surface area contributed by atoms with Crippen molar-refractivity contribution in [2.75, 3.05) is 11.9 Å². The van der Waals surface area contributed by atoms with E-state index in [0.29, 0.717) is 22.9 Å². The molecule has 0 bridgehead atoms. The number of nitrogens with one attached hydrogen (secondary N) is 1. The van der Waals surface area contributed by atoms with Gasteiger partial charge in [-0.05, 0) is 35.9 Å². The molecule has 0 aliphatic rings. The van der Waals surface area contributed by atoms with Crippen LogP contribution in [0.3, 0.4) is 0 Å². The highest BCUT2D eigenvalue weighted by Crippen LogP contribution is 2.20. The van der Waals surface area contributed by atoms with E-state index < -0.39 is 0 Å². The molecule has 1 N–H and O–H groups in total. The lowest BCUT2D eigenvalue weighted by molar-refractivity contribution is 0.368. The normalized spacial score (nSPS) is 9.48. The molecular formula is C16H12ClN3O. The Kier molecular flexibility index (Phi) is 5.04. The number of hydrogen-bond acceptors (Lipinski definition) is 4. The van der Waals surface area contributed by atoms with Crippen molar-refractivity contribution in [3.63, 3.8) is 0 Å². The Bertz CT molecular complexity index is 699. The van der Waals surface area contributed by atoms with Gasteiger partial charge in [-0.15, -0.1) is 0 Å². The molecule has 0 aromatic heterocycles. The van der Waals surface area contributed by atoms with Gasteiger partial charge in [0.2, 0.25) is 0 Å². The van der Waals surface area contributed by atoms with E-state index in [1.165, 1.54) is 0 Å². The second-order valence-electron chi connectivity index (χ2n) is 4.25. The van der Waals surface area contributed by atoms with Crippen LogP contribution in [0.15, 0.2) is 42.5 Å². The molecule has 0 unspecified atom stereocenters. The average Bonchev–Trinajstić information content (AvgIpc) is 2.53. The molecule has 4 nitrogen and oxygen atoms in total. The molecule has 0 fully saturated rings. The summed E-state index contributed by atoms with van der Waals surface area (Å²) >= 11 is 5.89. The van der Waals surface area contributed by atoms with E-state index in [-0.39, 0.29) is 6.61 Å². The first kappa shape index (κ1) is 14.7. The maximum absolute atomic E-state index is 8.93. The SMILES string of the molecule is N#CCOc1ccc(CNc2ccc(Cl)c(C#N)c2)cc1. The largest absolute Gasteiger partial charge is 0.479 e. The molecular weight excluding hydrogens is 286 g/mol. The molecule has 0 aliphatic heterocycles. The molecule has 0 saturated heterocycles. The van der Waals surface area contributed by atoms with E-state index in [4.69, 9.17) is 26.9 Å². The van der Waals surface area contributed by atoms with Crippen LogP contribution in [0.5, 0.6) is 5.75 Å². The Morgan fingerprint density at radius 3 is 2.52 bits per heavy atom. The lowest BCUT2D eigenvalue weighted by Gasteiger charge is -2.08. The lowest BCUT2D eigenvalue weighted by atomic mass is 10.2. The van der Waals surface area contributed by atoms with Crippen molar-refractivity contribution in [1.29, 1.82) is 10.5 Å². The summed E-state index contributed by atoms with van der Waals surface area (Å²) < 4.78 is 5.18. The predicted molar refractivity (Wildman–Crippen MR) is 81.0 cm³/mol. The van der Waals surface area contributed by atoms with Gasteiger partial charge in [0.25, 0.3) is 0 Å². The van der Waals surface area contributed by atoms with Crippen LogP contribution < -0.4 is 10.1 Å². The van der Waals surface area contributed by atoms with Crippen molar-refractivity contribution in [2.45, 2.75) is 6.54 Å². The number of nitrogens with zero attached hydrogens (tertiary/aromatic N) is 2. The minimum absolute atomic E-state index is 0.0410. The van der Waals surface area contributed by atoms with E-state index in [0.717, 1.165) is 11.3 Å². The third kappa shape index (κ3) is 4.14. The third-order valence-electron chi connectivity index (χ3n) is 2.81. The van der Waals surface area contributed by atoms with Crippen molar-refractivity contribution in [1.82, 2.24) is 0 Å². The highest BCUT2D eigenvalue weighted by Gasteiger charge is 2.01. The van der Waals surface area contributed by atoms with Gasteiger partial charge in [-0.1, -0.05) is 23.7 Å². The number of hydrogen-bond donors (Lipinski definition) is 1. The van der Waals surface area contributed by atoms with Crippen molar-refractivity contribution < 1.29 is 4.74 Å². The quantitative estimate of drug-likeness (QED) is 0.913. The van der Waals surface area contributed by atoms with E-state index >= 15 is 0 Å². The number of halogens is 1. The summed E-state index contributed by atoms with van der Waals surface area (Å²) in [6, 6.07) is 16.7. The highest BCUT2D eigenvalue weighted by atomic mass is 35.5. The Morgan fingerprint density at radius 1 is 1.10 bits per heavy atom. The minimum Gasteiger partial charge on any atom is -0.479 e. The first-order valence-electron chi connectivity index (χ1n) is 6.25. The maximum atomic E-state index is 8.93. The van der Waals surface area contributed by atoms with E-state index in [2.05, 4.69) is 5.32 Å². The summed E-state index contributed by atoms with van der Waals surface area (Å²) in [6.45, 7) is 0.657. The number of benzene rings is 2. The summed E-state index contributed by atoms with van der Waals surface area (Å²) in [6.07, 6.45) is 0. The molecule has 0 amide bonds. The van der Waals surface area contributed by atoms with Crippen molar-refractivity contribution in [2.24, 2.45) is 0 Å². The highest BCUT2D eigenvalue weighted by molar-refractivity contribution is 6.31. The van der Waals surface area contributed by atoms with E-state index in [9.17, 15) is 0 Å². The zero-order valence-electron chi connectivity index (χ0n) is 11.1. The van der Waals surface area contributed by atoms with Gasteiger partial charge in [-0.25, -0.2) is 0 Å². The van der Waals surface area contributed by atoms with Crippen LogP contribution in [-0.4, -0.2) is 6.61 Å². The maximum Gasteiger partial charge on any atom is 0.174 e. The fourth-order valence-electron chi connectivity index (χ4n) is 1.74. The van der Waals surface area contributed by atoms with Gasteiger partial charge >= 0.3 is 0 Å². The van der Waals surface area contributed by atoms with E-state index in [1.807, 2.05) is 42.5 Å². The number of ether oxygens (including phenoxy) is 1. The molecule has 0 aliphatic carbocycles. The van der Waals surface area contributed by atoms with Gasteiger partial charge in [0.1, 0.15) is 17.9 Å². The first-order valence-corrected chi connectivity index (χ1v) is 6.63. The smallest absolute Gasteiger partial charge is 0.174 e. The summed E-state index contributed by atoms with van der Waals surface area (Å²) in [5.74, 6) is 0.665.